The van der Waals surface area contributed by atoms with Gasteiger partial charge in [0.1, 0.15) is 0 Å². The molecule has 0 bridgehead atoms. The highest BCUT2D eigenvalue weighted by molar-refractivity contribution is 6.31. The molecule has 0 unspecified atom stereocenters. The lowest BCUT2D eigenvalue weighted by Crippen LogP contribution is -2.22. The number of carbonyl (C=O) groups excluding carboxylic acids is 2. The van der Waals surface area contributed by atoms with Crippen molar-refractivity contribution in [1.82, 2.24) is 9.78 Å². The smallest absolute Gasteiger partial charge is 0.310 e. The average molecular weight is 412 g/mol. The van der Waals surface area contributed by atoms with Crippen LogP contribution in [0.2, 0.25) is 5.02 Å². The molecule has 1 amide bonds. The van der Waals surface area contributed by atoms with Crippen molar-refractivity contribution < 1.29 is 14.3 Å². The van der Waals surface area contributed by atoms with Gasteiger partial charge in [-0.15, -0.1) is 0 Å². The molecule has 0 saturated heterocycles. The molecule has 29 heavy (non-hydrogen) atoms. The summed E-state index contributed by atoms with van der Waals surface area (Å²) in [5, 5.41) is 7.78. The van der Waals surface area contributed by atoms with Crippen molar-refractivity contribution in [1.29, 1.82) is 0 Å². The second-order valence-corrected chi connectivity index (χ2v) is 7.10. The second kappa shape index (κ2) is 8.92. The van der Waals surface area contributed by atoms with Gasteiger partial charge < -0.3 is 10.1 Å². The van der Waals surface area contributed by atoms with Gasteiger partial charge in [0, 0.05) is 22.0 Å². The van der Waals surface area contributed by atoms with E-state index in [1.807, 2.05) is 44.2 Å². The predicted molar refractivity (Wildman–Crippen MR) is 113 cm³/mol. The third-order valence-corrected chi connectivity index (χ3v) is 5.08. The SMILES string of the molecule is Cc1nn(-c2ccccc2)c(C)c1CC(=O)OCC(=O)Nc1cccc(Cl)c1C. The first kappa shape index (κ1) is 20.6. The minimum absolute atomic E-state index is 0.0496. The van der Waals surface area contributed by atoms with Gasteiger partial charge >= 0.3 is 5.97 Å². The average Bonchev–Trinajstić information content (AvgIpc) is 2.99. The van der Waals surface area contributed by atoms with E-state index in [1.54, 1.807) is 29.8 Å². The van der Waals surface area contributed by atoms with Crippen LogP contribution in [0.4, 0.5) is 5.69 Å². The zero-order valence-electron chi connectivity index (χ0n) is 16.5. The Bertz CT molecular complexity index is 1040. The molecule has 3 rings (SSSR count). The van der Waals surface area contributed by atoms with Crippen molar-refractivity contribution in [3.63, 3.8) is 0 Å². The molecule has 0 atom stereocenters. The molecule has 0 saturated carbocycles. The van der Waals surface area contributed by atoms with E-state index >= 15 is 0 Å². The van der Waals surface area contributed by atoms with E-state index in [2.05, 4.69) is 10.4 Å². The monoisotopic (exact) mass is 411 g/mol. The Kier molecular flexibility index (Phi) is 6.34. The summed E-state index contributed by atoms with van der Waals surface area (Å²) in [6, 6.07) is 14.9. The maximum atomic E-state index is 12.3. The van der Waals surface area contributed by atoms with Crippen molar-refractivity contribution in [2.75, 3.05) is 11.9 Å². The summed E-state index contributed by atoms with van der Waals surface area (Å²) < 4.78 is 6.95. The Morgan fingerprint density at radius 3 is 2.52 bits per heavy atom. The summed E-state index contributed by atoms with van der Waals surface area (Å²) in [5.74, 6) is -0.904. The lowest BCUT2D eigenvalue weighted by atomic mass is 10.1. The Morgan fingerprint density at radius 1 is 1.07 bits per heavy atom. The third kappa shape index (κ3) is 4.84. The van der Waals surface area contributed by atoms with Crippen LogP contribution in [-0.2, 0) is 20.7 Å². The molecular weight excluding hydrogens is 390 g/mol. The number of ether oxygens (including phenoxy) is 1. The number of nitrogens with one attached hydrogen (secondary N) is 1. The highest BCUT2D eigenvalue weighted by Crippen LogP contribution is 2.23. The van der Waals surface area contributed by atoms with Gasteiger partial charge in [0.15, 0.2) is 6.61 Å². The van der Waals surface area contributed by atoms with E-state index in [4.69, 9.17) is 16.3 Å². The lowest BCUT2D eigenvalue weighted by molar-refractivity contribution is -0.146. The van der Waals surface area contributed by atoms with Crippen LogP contribution >= 0.6 is 11.6 Å². The molecule has 0 aliphatic carbocycles. The Balaban J connectivity index is 1.61. The Morgan fingerprint density at radius 2 is 1.79 bits per heavy atom. The maximum absolute atomic E-state index is 12.3. The number of carbonyl (C=O) groups is 2. The maximum Gasteiger partial charge on any atom is 0.310 e. The van der Waals surface area contributed by atoms with E-state index in [1.165, 1.54) is 0 Å². The molecule has 0 aliphatic rings. The molecule has 150 valence electrons. The zero-order chi connectivity index (χ0) is 21.0. The number of halogens is 1. The van der Waals surface area contributed by atoms with Gasteiger partial charge in [0.05, 0.1) is 17.8 Å². The van der Waals surface area contributed by atoms with Crippen molar-refractivity contribution in [3.8, 4) is 5.69 Å². The van der Waals surface area contributed by atoms with Gasteiger partial charge in [-0.1, -0.05) is 35.9 Å². The number of anilines is 1. The van der Waals surface area contributed by atoms with E-state index in [9.17, 15) is 9.59 Å². The molecule has 0 aliphatic heterocycles. The number of aromatic nitrogens is 2. The first-order chi connectivity index (χ1) is 13.9. The largest absolute Gasteiger partial charge is 0.455 e. The van der Waals surface area contributed by atoms with Gasteiger partial charge in [0.25, 0.3) is 5.91 Å². The minimum Gasteiger partial charge on any atom is -0.455 e. The third-order valence-electron chi connectivity index (χ3n) is 4.67. The van der Waals surface area contributed by atoms with Crippen LogP contribution in [0.5, 0.6) is 0 Å². The first-order valence-electron chi connectivity index (χ1n) is 9.18. The number of aryl methyl sites for hydroxylation is 1. The van der Waals surface area contributed by atoms with Crippen molar-refractivity contribution >= 4 is 29.2 Å². The summed E-state index contributed by atoms with van der Waals surface area (Å²) in [7, 11) is 0. The number of esters is 1. The number of hydrogen-bond donors (Lipinski definition) is 1. The number of para-hydroxylation sites is 1. The van der Waals surface area contributed by atoms with Gasteiger partial charge in [-0.05, 0) is 50.6 Å². The van der Waals surface area contributed by atoms with Crippen molar-refractivity contribution in [3.05, 3.63) is 76.1 Å². The van der Waals surface area contributed by atoms with Crippen LogP contribution in [0.1, 0.15) is 22.5 Å². The molecule has 0 radical (unpaired) electrons. The highest BCUT2D eigenvalue weighted by atomic mass is 35.5. The molecular formula is C22H22ClN3O3. The summed E-state index contributed by atoms with van der Waals surface area (Å²) in [6.45, 7) is 5.20. The van der Waals surface area contributed by atoms with Gasteiger partial charge in [-0.3, -0.25) is 9.59 Å². The van der Waals surface area contributed by atoms with Crippen molar-refractivity contribution in [2.45, 2.75) is 27.2 Å². The number of hydrogen-bond acceptors (Lipinski definition) is 4. The van der Waals surface area contributed by atoms with Crippen molar-refractivity contribution in [2.24, 2.45) is 0 Å². The van der Waals surface area contributed by atoms with E-state index < -0.39 is 11.9 Å². The standard InChI is InChI=1S/C22H22ClN3O3/c1-14-19(23)10-7-11-20(14)24-21(27)13-29-22(28)12-18-15(2)25-26(16(18)3)17-8-5-4-6-9-17/h4-11H,12-13H2,1-3H3,(H,24,27). The van der Waals surface area contributed by atoms with Gasteiger partial charge in [-0.25, -0.2) is 4.68 Å². The molecule has 0 spiro atoms. The van der Waals surface area contributed by atoms with Crippen LogP contribution in [0, 0.1) is 20.8 Å². The van der Waals surface area contributed by atoms with Gasteiger partial charge in [-0.2, -0.15) is 5.10 Å². The summed E-state index contributed by atoms with van der Waals surface area (Å²) >= 11 is 6.05. The molecule has 1 aromatic heterocycles. The fourth-order valence-corrected chi connectivity index (χ4v) is 3.20. The predicted octanol–water partition coefficient (Wildman–Crippen LogP) is 4.18. The van der Waals surface area contributed by atoms with E-state index in [0.717, 1.165) is 28.2 Å². The summed E-state index contributed by atoms with van der Waals surface area (Å²) in [4.78, 5) is 24.4. The first-order valence-corrected chi connectivity index (χ1v) is 9.55. The van der Waals surface area contributed by atoms with E-state index in [-0.39, 0.29) is 13.0 Å². The molecule has 7 heteroatoms. The van der Waals surface area contributed by atoms with Gasteiger partial charge in [0.2, 0.25) is 0 Å². The molecule has 1 N–H and O–H groups in total. The molecule has 3 aromatic rings. The van der Waals surface area contributed by atoms with Crippen LogP contribution in [-0.4, -0.2) is 28.3 Å². The molecule has 2 aromatic carbocycles. The Labute approximate surface area is 174 Å². The molecule has 1 heterocycles. The molecule has 6 nitrogen and oxygen atoms in total. The van der Waals surface area contributed by atoms with Crippen LogP contribution in [0.15, 0.2) is 48.5 Å². The number of rotatable bonds is 6. The lowest BCUT2D eigenvalue weighted by Gasteiger charge is -2.10. The summed E-state index contributed by atoms with van der Waals surface area (Å²) in [6.07, 6.45) is 0.0496. The second-order valence-electron chi connectivity index (χ2n) is 6.69. The fourth-order valence-electron chi connectivity index (χ4n) is 3.02. The van der Waals surface area contributed by atoms with Crippen LogP contribution in [0.3, 0.4) is 0 Å². The quantitative estimate of drug-likeness (QED) is 0.617. The van der Waals surface area contributed by atoms with Crippen LogP contribution < -0.4 is 5.32 Å². The zero-order valence-corrected chi connectivity index (χ0v) is 17.3. The fraction of sp³-hybridized carbons (Fsp3) is 0.227. The number of nitrogens with zero attached hydrogens (tertiary/aromatic N) is 2. The normalized spacial score (nSPS) is 10.6. The topological polar surface area (TPSA) is 73.2 Å². The number of benzene rings is 2. The highest BCUT2D eigenvalue weighted by Gasteiger charge is 2.17. The van der Waals surface area contributed by atoms with Crippen LogP contribution in [0.25, 0.3) is 5.69 Å². The summed E-state index contributed by atoms with van der Waals surface area (Å²) in [5.41, 5.74) is 4.68. The van der Waals surface area contributed by atoms with E-state index in [0.29, 0.717) is 10.7 Å². The number of amides is 1. The molecule has 0 fully saturated rings. The minimum atomic E-state index is -0.484. The Hall–Kier alpha value is -3.12.